The molecule has 4 heteroatoms. The molecule has 28 heavy (non-hydrogen) atoms. The largest absolute Gasteiger partial charge is 0.490 e. The highest BCUT2D eigenvalue weighted by atomic mass is 19.1. The molecule has 0 aliphatic heterocycles. The molecule has 0 bridgehead atoms. The van der Waals surface area contributed by atoms with Crippen molar-refractivity contribution in [2.24, 2.45) is 0 Å². The molecule has 0 saturated carbocycles. The summed E-state index contributed by atoms with van der Waals surface area (Å²) >= 11 is 0. The number of ether oxygens (including phenoxy) is 1. The van der Waals surface area contributed by atoms with Crippen LogP contribution in [0.4, 0.5) is 4.39 Å². The Morgan fingerprint density at radius 3 is 2.50 bits per heavy atom. The second kappa shape index (κ2) is 12.4. The molecule has 0 aliphatic rings. The third-order valence-electron chi connectivity index (χ3n) is 4.82. The maximum absolute atomic E-state index is 14.7. The number of unbranched alkanes of at least 4 members (excludes halogenated alkanes) is 6. The fourth-order valence-electron chi connectivity index (χ4n) is 3.16. The number of benzene rings is 1. The third kappa shape index (κ3) is 6.81. The van der Waals surface area contributed by atoms with E-state index in [0.717, 1.165) is 44.9 Å². The molecule has 1 aromatic heterocycles. The Balaban J connectivity index is 1.95. The minimum atomic E-state index is -0.622. The molecular formula is C24H33FO3. The molecule has 2 aromatic rings. The predicted molar refractivity (Wildman–Crippen MR) is 114 cm³/mol. The Morgan fingerprint density at radius 2 is 1.75 bits per heavy atom. The minimum absolute atomic E-state index is 0.0180. The van der Waals surface area contributed by atoms with Crippen molar-refractivity contribution in [3.8, 4) is 5.75 Å². The molecule has 0 amide bonds. The lowest BCUT2D eigenvalue weighted by molar-refractivity contribution is 0.292. The van der Waals surface area contributed by atoms with Crippen LogP contribution in [0.1, 0.15) is 77.4 Å². The Labute approximate surface area is 167 Å². The molecule has 3 nitrogen and oxygen atoms in total. The molecule has 0 saturated heterocycles. The number of fused-ring (bicyclic) bond motifs is 1. The highest BCUT2D eigenvalue weighted by Crippen LogP contribution is 2.25. The second-order valence-corrected chi connectivity index (χ2v) is 7.26. The van der Waals surface area contributed by atoms with Gasteiger partial charge < -0.3 is 9.15 Å². The zero-order valence-electron chi connectivity index (χ0n) is 17.3. The van der Waals surface area contributed by atoms with Crippen LogP contribution in [0.5, 0.6) is 5.75 Å². The lowest BCUT2D eigenvalue weighted by atomic mass is 10.1. The van der Waals surface area contributed by atoms with Crippen molar-refractivity contribution in [3.63, 3.8) is 0 Å². The summed E-state index contributed by atoms with van der Waals surface area (Å²) < 4.78 is 25.5. The Hall–Kier alpha value is -2.10. The maximum atomic E-state index is 14.7. The summed E-state index contributed by atoms with van der Waals surface area (Å²) in [6, 6.07) is 5.12. The standard InChI is InChI=1S/C24H33FO3/c1-3-5-7-8-9-10-11-12-14-20-18-19-15-16-21(27-17-13-6-4-2)23(25)22(19)24(26)28-20/h8-9,15-16,18H,3-7,10-14,17H2,1-2H3/b9-8+. The summed E-state index contributed by atoms with van der Waals surface area (Å²) in [4.78, 5) is 12.3. The highest BCUT2D eigenvalue weighted by Gasteiger charge is 2.14. The molecule has 1 heterocycles. The monoisotopic (exact) mass is 388 g/mol. The van der Waals surface area contributed by atoms with E-state index < -0.39 is 11.4 Å². The summed E-state index contributed by atoms with van der Waals surface area (Å²) in [5.41, 5.74) is -0.622. The van der Waals surface area contributed by atoms with Gasteiger partial charge in [-0.15, -0.1) is 0 Å². The predicted octanol–water partition coefficient (Wildman–Crippen LogP) is 6.96. The van der Waals surface area contributed by atoms with Crippen molar-refractivity contribution in [2.75, 3.05) is 6.61 Å². The summed E-state index contributed by atoms with van der Waals surface area (Å²) in [5, 5.41) is 0.555. The van der Waals surface area contributed by atoms with E-state index in [1.165, 1.54) is 12.8 Å². The first-order valence-corrected chi connectivity index (χ1v) is 10.7. The van der Waals surface area contributed by atoms with Crippen LogP contribution in [0.15, 0.2) is 39.6 Å². The van der Waals surface area contributed by atoms with Crippen molar-refractivity contribution < 1.29 is 13.5 Å². The fraction of sp³-hybridized carbons (Fsp3) is 0.542. The van der Waals surface area contributed by atoms with E-state index in [-0.39, 0.29) is 11.1 Å². The van der Waals surface area contributed by atoms with Gasteiger partial charge in [0.2, 0.25) is 0 Å². The molecule has 1 aromatic carbocycles. The van der Waals surface area contributed by atoms with Gasteiger partial charge in [-0.2, -0.15) is 0 Å². The molecule has 2 rings (SSSR count). The van der Waals surface area contributed by atoms with E-state index in [1.807, 2.05) is 0 Å². The van der Waals surface area contributed by atoms with E-state index in [1.54, 1.807) is 18.2 Å². The van der Waals surface area contributed by atoms with Crippen molar-refractivity contribution in [1.29, 1.82) is 0 Å². The van der Waals surface area contributed by atoms with Crippen LogP contribution in [0.3, 0.4) is 0 Å². The van der Waals surface area contributed by atoms with Crippen molar-refractivity contribution in [3.05, 3.63) is 52.3 Å². The van der Waals surface area contributed by atoms with E-state index >= 15 is 0 Å². The van der Waals surface area contributed by atoms with E-state index in [2.05, 4.69) is 26.0 Å². The Morgan fingerprint density at radius 1 is 1.00 bits per heavy atom. The number of allylic oxidation sites excluding steroid dienone is 2. The SMILES string of the molecule is CCCC/C=C/CCCCc1cc2ccc(OCCCCC)c(F)c2c(=O)o1. The highest BCUT2D eigenvalue weighted by molar-refractivity contribution is 5.83. The van der Waals surface area contributed by atoms with Gasteiger partial charge in [-0.1, -0.05) is 57.7 Å². The molecule has 0 unspecified atom stereocenters. The zero-order valence-corrected chi connectivity index (χ0v) is 17.3. The van der Waals surface area contributed by atoms with Crippen molar-refractivity contribution >= 4 is 10.8 Å². The molecule has 0 N–H and O–H groups in total. The van der Waals surface area contributed by atoms with Crippen LogP contribution < -0.4 is 10.4 Å². The Kier molecular flexibility index (Phi) is 9.81. The topological polar surface area (TPSA) is 39.4 Å². The Bertz CT molecular complexity index is 807. The van der Waals surface area contributed by atoms with Crippen LogP contribution in [-0.2, 0) is 6.42 Å². The molecule has 0 atom stereocenters. The molecule has 154 valence electrons. The minimum Gasteiger partial charge on any atom is -0.490 e. The number of halogens is 1. The molecule has 0 radical (unpaired) electrons. The third-order valence-corrected chi connectivity index (χ3v) is 4.82. The number of hydrogen-bond acceptors (Lipinski definition) is 3. The van der Waals surface area contributed by atoms with Crippen LogP contribution in [0.25, 0.3) is 10.8 Å². The van der Waals surface area contributed by atoms with Crippen LogP contribution in [0, 0.1) is 5.82 Å². The normalized spacial score (nSPS) is 11.5. The van der Waals surface area contributed by atoms with Gasteiger partial charge in [-0.3, -0.25) is 0 Å². The molecular weight excluding hydrogens is 355 g/mol. The molecule has 0 spiro atoms. The summed E-state index contributed by atoms with van der Waals surface area (Å²) in [5.74, 6) is 0.119. The second-order valence-electron chi connectivity index (χ2n) is 7.26. The van der Waals surface area contributed by atoms with Crippen LogP contribution >= 0.6 is 0 Å². The van der Waals surface area contributed by atoms with Gasteiger partial charge in [0.15, 0.2) is 11.6 Å². The first-order valence-electron chi connectivity index (χ1n) is 10.7. The van der Waals surface area contributed by atoms with Gasteiger partial charge in [-0.05, 0) is 49.6 Å². The van der Waals surface area contributed by atoms with E-state index in [9.17, 15) is 9.18 Å². The van der Waals surface area contributed by atoms with Gasteiger partial charge in [0.25, 0.3) is 0 Å². The molecule has 0 aliphatic carbocycles. The maximum Gasteiger partial charge on any atom is 0.346 e. The summed E-state index contributed by atoms with van der Waals surface area (Å²) in [7, 11) is 0. The van der Waals surface area contributed by atoms with Crippen molar-refractivity contribution in [2.45, 2.75) is 78.1 Å². The quantitative estimate of drug-likeness (QED) is 0.275. The van der Waals surface area contributed by atoms with Crippen molar-refractivity contribution in [1.82, 2.24) is 0 Å². The smallest absolute Gasteiger partial charge is 0.346 e. The van der Waals surface area contributed by atoms with Gasteiger partial charge in [-0.25, -0.2) is 9.18 Å². The lowest BCUT2D eigenvalue weighted by Gasteiger charge is -2.09. The van der Waals surface area contributed by atoms with Gasteiger partial charge in [0.1, 0.15) is 11.1 Å². The van der Waals surface area contributed by atoms with Gasteiger partial charge >= 0.3 is 5.63 Å². The summed E-state index contributed by atoms with van der Waals surface area (Å²) in [6.45, 7) is 4.74. The van der Waals surface area contributed by atoms with E-state index in [4.69, 9.17) is 9.15 Å². The number of hydrogen-bond donors (Lipinski definition) is 0. The van der Waals surface area contributed by atoms with Gasteiger partial charge in [0.05, 0.1) is 6.61 Å². The van der Waals surface area contributed by atoms with Crippen LogP contribution in [-0.4, -0.2) is 6.61 Å². The first-order chi connectivity index (χ1) is 13.7. The number of rotatable bonds is 13. The average molecular weight is 389 g/mol. The number of aryl methyl sites for hydroxylation is 1. The summed E-state index contributed by atoms with van der Waals surface area (Å²) in [6.07, 6.45) is 14.8. The van der Waals surface area contributed by atoms with Crippen LogP contribution in [0.2, 0.25) is 0 Å². The van der Waals surface area contributed by atoms with E-state index in [0.29, 0.717) is 24.2 Å². The molecule has 0 fully saturated rings. The van der Waals surface area contributed by atoms with Gasteiger partial charge in [0, 0.05) is 6.42 Å². The first kappa shape index (κ1) is 22.2. The fourth-order valence-corrected chi connectivity index (χ4v) is 3.16. The lowest BCUT2D eigenvalue weighted by Crippen LogP contribution is -2.07. The zero-order chi connectivity index (χ0) is 20.2. The average Bonchev–Trinajstić information content (AvgIpc) is 2.68.